The number of hydrogen-bond acceptors (Lipinski definition) is 3. The maximum atomic E-state index is 9.90. The first-order valence-corrected chi connectivity index (χ1v) is 7.12. The summed E-state index contributed by atoms with van der Waals surface area (Å²) in [5, 5.41) is 9.90. The van der Waals surface area contributed by atoms with E-state index >= 15 is 0 Å². The second-order valence-electron chi connectivity index (χ2n) is 5.22. The second-order valence-corrected chi connectivity index (χ2v) is 5.22. The predicted octanol–water partition coefficient (Wildman–Crippen LogP) is 3.21. The third-order valence-electron chi connectivity index (χ3n) is 3.81. The fourth-order valence-corrected chi connectivity index (χ4v) is 2.59. The minimum absolute atomic E-state index is 0.379. The number of aromatic nitrogens is 1. The molecule has 0 unspecified atom stereocenters. The van der Waals surface area contributed by atoms with Crippen molar-refractivity contribution in [1.29, 1.82) is 0 Å². The van der Waals surface area contributed by atoms with Crippen molar-refractivity contribution < 1.29 is 5.11 Å². The van der Waals surface area contributed by atoms with Gasteiger partial charge < -0.3 is 10.0 Å². The van der Waals surface area contributed by atoms with Crippen LogP contribution in [0.5, 0.6) is 0 Å². The van der Waals surface area contributed by atoms with Crippen molar-refractivity contribution in [3.8, 4) is 0 Å². The molecule has 1 atom stereocenters. The lowest BCUT2D eigenvalue weighted by Gasteiger charge is -2.23. The Hall–Kier alpha value is -1.09. The standard InChI is InChI=1S/C15H24N2O/c1-3-14(18)13-11-16-15(10-12(13)2)17-8-6-4-5-7-9-17/h10-11,14,18H,3-9H2,1-2H3/t14-/m0/s1. The topological polar surface area (TPSA) is 36.4 Å². The Morgan fingerprint density at radius 2 is 1.94 bits per heavy atom. The zero-order valence-electron chi connectivity index (χ0n) is 11.5. The fourth-order valence-electron chi connectivity index (χ4n) is 2.59. The van der Waals surface area contributed by atoms with E-state index in [1.807, 2.05) is 13.1 Å². The molecule has 1 fully saturated rings. The van der Waals surface area contributed by atoms with Crippen LogP contribution in [-0.4, -0.2) is 23.2 Å². The van der Waals surface area contributed by atoms with Crippen LogP contribution in [0.15, 0.2) is 12.3 Å². The van der Waals surface area contributed by atoms with E-state index in [1.165, 1.54) is 25.7 Å². The van der Waals surface area contributed by atoms with Gasteiger partial charge in [-0.2, -0.15) is 0 Å². The van der Waals surface area contributed by atoms with Gasteiger partial charge >= 0.3 is 0 Å². The zero-order valence-corrected chi connectivity index (χ0v) is 11.5. The first kappa shape index (κ1) is 13.3. The van der Waals surface area contributed by atoms with Crippen LogP contribution < -0.4 is 4.90 Å². The van der Waals surface area contributed by atoms with Crippen molar-refractivity contribution in [2.24, 2.45) is 0 Å². The van der Waals surface area contributed by atoms with Crippen molar-refractivity contribution in [2.75, 3.05) is 18.0 Å². The Labute approximate surface area is 110 Å². The second kappa shape index (κ2) is 6.19. The Balaban J connectivity index is 2.16. The van der Waals surface area contributed by atoms with E-state index in [0.717, 1.165) is 36.5 Å². The molecule has 2 heterocycles. The van der Waals surface area contributed by atoms with Crippen molar-refractivity contribution in [3.63, 3.8) is 0 Å². The van der Waals surface area contributed by atoms with Crippen molar-refractivity contribution in [3.05, 3.63) is 23.4 Å². The van der Waals surface area contributed by atoms with Gasteiger partial charge in [-0.3, -0.25) is 0 Å². The van der Waals surface area contributed by atoms with Gasteiger partial charge in [-0.05, 0) is 37.8 Å². The fraction of sp³-hybridized carbons (Fsp3) is 0.667. The van der Waals surface area contributed by atoms with E-state index in [-0.39, 0.29) is 6.10 Å². The highest BCUT2D eigenvalue weighted by molar-refractivity contribution is 5.44. The number of anilines is 1. The highest BCUT2D eigenvalue weighted by atomic mass is 16.3. The maximum Gasteiger partial charge on any atom is 0.128 e. The quantitative estimate of drug-likeness (QED) is 0.892. The molecule has 0 amide bonds. The third-order valence-corrected chi connectivity index (χ3v) is 3.81. The van der Waals surface area contributed by atoms with E-state index in [4.69, 9.17) is 0 Å². The molecule has 1 aliphatic heterocycles. The summed E-state index contributed by atoms with van der Waals surface area (Å²) in [5.41, 5.74) is 2.12. The van der Waals surface area contributed by atoms with Gasteiger partial charge in [0.05, 0.1) is 6.10 Å². The van der Waals surface area contributed by atoms with Gasteiger partial charge in [0.25, 0.3) is 0 Å². The highest BCUT2D eigenvalue weighted by Crippen LogP contribution is 2.24. The van der Waals surface area contributed by atoms with Gasteiger partial charge in [-0.25, -0.2) is 4.98 Å². The summed E-state index contributed by atoms with van der Waals surface area (Å²) in [6.07, 6.45) is 7.41. The molecular weight excluding hydrogens is 224 g/mol. The number of pyridine rings is 1. The number of aliphatic hydroxyl groups is 1. The smallest absolute Gasteiger partial charge is 0.128 e. The maximum absolute atomic E-state index is 9.90. The van der Waals surface area contributed by atoms with Crippen LogP contribution in [0.25, 0.3) is 0 Å². The monoisotopic (exact) mass is 248 g/mol. The van der Waals surface area contributed by atoms with Crippen LogP contribution in [0.4, 0.5) is 5.82 Å². The van der Waals surface area contributed by atoms with Gasteiger partial charge in [-0.15, -0.1) is 0 Å². The summed E-state index contributed by atoms with van der Waals surface area (Å²) in [4.78, 5) is 6.92. The number of rotatable bonds is 3. The van der Waals surface area contributed by atoms with Gasteiger partial charge in [0, 0.05) is 24.8 Å². The van der Waals surface area contributed by atoms with E-state index in [1.54, 1.807) is 0 Å². The Bertz CT molecular complexity index is 384. The Morgan fingerprint density at radius 3 is 2.50 bits per heavy atom. The van der Waals surface area contributed by atoms with Gasteiger partial charge in [-0.1, -0.05) is 19.8 Å². The summed E-state index contributed by atoms with van der Waals surface area (Å²) in [5.74, 6) is 1.07. The lowest BCUT2D eigenvalue weighted by Crippen LogP contribution is -2.25. The molecule has 1 N–H and O–H groups in total. The van der Waals surface area contributed by atoms with Crippen LogP contribution in [0.3, 0.4) is 0 Å². The first-order valence-electron chi connectivity index (χ1n) is 7.12. The average Bonchev–Trinajstić information content (AvgIpc) is 2.66. The van der Waals surface area contributed by atoms with Crippen LogP contribution in [0, 0.1) is 6.92 Å². The first-order chi connectivity index (χ1) is 8.72. The molecule has 0 aliphatic carbocycles. The molecule has 0 radical (unpaired) electrons. The lowest BCUT2D eigenvalue weighted by molar-refractivity contribution is 0.172. The number of hydrogen-bond donors (Lipinski definition) is 1. The largest absolute Gasteiger partial charge is 0.388 e. The molecule has 0 spiro atoms. The van der Waals surface area contributed by atoms with Gasteiger partial charge in [0.2, 0.25) is 0 Å². The predicted molar refractivity (Wildman–Crippen MR) is 74.9 cm³/mol. The summed E-state index contributed by atoms with van der Waals surface area (Å²) in [7, 11) is 0. The molecule has 0 bridgehead atoms. The summed E-state index contributed by atoms with van der Waals surface area (Å²) < 4.78 is 0. The van der Waals surface area contributed by atoms with E-state index in [9.17, 15) is 5.11 Å². The minimum Gasteiger partial charge on any atom is -0.388 e. The molecule has 18 heavy (non-hydrogen) atoms. The zero-order chi connectivity index (χ0) is 13.0. The van der Waals surface area contributed by atoms with E-state index in [2.05, 4.69) is 22.9 Å². The average molecular weight is 248 g/mol. The molecule has 100 valence electrons. The minimum atomic E-state index is -0.379. The van der Waals surface area contributed by atoms with Crippen molar-refractivity contribution in [2.45, 2.75) is 52.1 Å². The van der Waals surface area contributed by atoms with Crippen LogP contribution in [0.1, 0.15) is 56.3 Å². The summed E-state index contributed by atoms with van der Waals surface area (Å²) >= 11 is 0. The van der Waals surface area contributed by atoms with Crippen LogP contribution in [-0.2, 0) is 0 Å². The molecule has 1 aromatic heterocycles. The molecule has 1 aliphatic rings. The van der Waals surface area contributed by atoms with Crippen molar-refractivity contribution in [1.82, 2.24) is 4.98 Å². The Morgan fingerprint density at radius 1 is 1.28 bits per heavy atom. The molecule has 1 saturated heterocycles. The van der Waals surface area contributed by atoms with Crippen LogP contribution >= 0.6 is 0 Å². The number of nitrogens with zero attached hydrogens (tertiary/aromatic N) is 2. The number of aryl methyl sites for hydroxylation is 1. The third kappa shape index (κ3) is 3.02. The van der Waals surface area contributed by atoms with Crippen molar-refractivity contribution >= 4 is 5.82 Å². The highest BCUT2D eigenvalue weighted by Gasteiger charge is 2.14. The SMILES string of the molecule is CC[C@H](O)c1cnc(N2CCCCCC2)cc1C. The molecular formula is C15H24N2O. The number of aliphatic hydroxyl groups excluding tert-OH is 1. The van der Waals surface area contributed by atoms with Crippen LogP contribution in [0.2, 0.25) is 0 Å². The van der Waals surface area contributed by atoms with Gasteiger partial charge in [0.15, 0.2) is 0 Å². The molecule has 3 nitrogen and oxygen atoms in total. The molecule has 0 aromatic carbocycles. The van der Waals surface area contributed by atoms with Gasteiger partial charge in [0.1, 0.15) is 5.82 Å². The lowest BCUT2D eigenvalue weighted by atomic mass is 10.0. The summed E-state index contributed by atoms with van der Waals surface area (Å²) in [6.45, 7) is 6.29. The molecule has 0 saturated carbocycles. The van der Waals surface area contributed by atoms with E-state index in [0.29, 0.717) is 0 Å². The Kier molecular flexibility index (Phi) is 4.59. The summed E-state index contributed by atoms with van der Waals surface area (Å²) in [6, 6.07) is 2.12. The van der Waals surface area contributed by atoms with E-state index < -0.39 is 0 Å². The molecule has 1 aromatic rings. The normalized spacial score (nSPS) is 18.5. The molecule has 3 heteroatoms. The molecule has 2 rings (SSSR count).